The fourth-order valence-electron chi connectivity index (χ4n) is 5.97. The SMILES string of the molecule is COc1ccc(-c2ccc(C(=O)O)cc2F)cc1C1=C(CN2C(=O)O[C@H](c3cc(C)cc(C(F)(F)F)c3)[C@@H]2C)CCCC1. The third-order valence-electron chi connectivity index (χ3n) is 8.14. The topological polar surface area (TPSA) is 76.1 Å². The minimum atomic E-state index is -4.52. The van der Waals surface area contributed by atoms with E-state index in [9.17, 15) is 32.3 Å². The van der Waals surface area contributed by atoms with E-state index in [0.29, 0.717) is 35.3 Å². The fraction of sp³-hybridized carbons (Fsp3) is 0.333. The van der Waals surface area contributed by atoms with Crippen LogP contribution in [-0.4, -0.2) is 41.8 Å². The maximum atomic E-state index is 15.0. The number of aromatic carboxylic acids is 1. The quantitative estimate of drug-likeness (QED) is 0.277. The summed E-state index contributed by atoms with van der Waals surface area (Å²) in [6.45, 7) is 3.56. The summed E-state index contributed by atoms with van der Waals surface area (Å²) in [7, 11) is 1.53. The molecule has 0 radical (unpaired) electrons. The first-order valence-corrected chi connectivity index (χ1v) is 14.0. The molecule has 0 bridgehead atoms. The largest absolute Gasteiger partial charge is 0.496 e. The highest BCUT2D eigenvalue weighted by atomic mass is 19.4. The fourth-order valence-corrected chi connectivity index (χ4v) is 5.97. The summed E-state index contributed by atoms with van der Waals surface area (Å²) in [4.78, 5) is 25.9. The lowest BCUT2D eigenvalue weighted by atomic mass is 9.85. The zero-order chi connectivity index (χ0) is 31.1. The smallest absolute Gasteiger partial charge is 0.416 e. The third-order valence-corrected chi connectivity index (χ3v) is 8.14. The van der Waals surface area contributed by atoms with Gasteiger partial charge < -0.3 is 14.6 Å². The van der Waals surface area contributed by atoms with Crippen molar-refractivity contribution in [2.45, 2.75) is 57.9 Å². The van der Waals surface area contributed by atoms with Gasteiger partial charge in [0.15, 0.2) is 0 Å². The number of nitrogens with zero attached hydrogens (tertiary/aromatic N) is 1. The van der Waals surface area contributed by atoms with Crippen molar-refractivity contribution in [3.63, 3.8) is 0 Å². The lowest BCUT2D eigenvalue weighted by molar-refractivity contribution is -0.137. The molecule has 226 valence electrons. The molecule has 0 spiro atoms. The van der Waals surface area contributed by atoms with Crippen LogP contribution in [0.25, 0.3) is 16.7 Å². The Morgan fingerprint density at radius 1 is 1.05 bits per heavy atom. The molecule has 1 saturated heterocycles. The molecular formula is C33H31F4NO5. The summed E-state index contributed by atoms with van der Waals surface area (Å²) < 4.78 is 66.7. The molecule has 2 aliphatic rings. The third kappa shape index (κ3) is 6.09. The number of amides is 1. The number of aryl methyl sites for hydroxylation is 1. The molecule has 2 atom stereocenters. The second-order valence-electron chi connectivity index (χ2n) is 11.0. The van der Waals surface area contributed by atoms with Gasteiger partial charge in [-0.3, -0.25) is 4.90 Å². The Balaban J connectivity index is 1.49. The number of carbonyl (C=O) groups is 2. The maximum Gasteiger partial charge on any atom is 0.416 e. The van der Waals surface area contributed by atoms with Gasteiger partial charge in [0.2, 0.25) is 0 Å². The number of carbonyl (C=O) groups excluding carboxylic acids is 1. The van der Waals surface area contributed by atoms with E-state index < -0.39 is 41.8 Å². The molecule has 1 aliphatic carbocycles. The molecule has 0 aromatic heterocycles. The van der Waals surface area contributed by atoms with Gasteiger partial charge in [-0.15, -0.1) is 0 Å². The predicted molar refractivity (Wildman–Crippen MR) is 152 cm³/mol. The Labute approximate surface area is 246 Å². The number of halogens is 4. The van der Waals surface area contributed by atoms with Crippen LogP contribution in [0.3, 0.4) is 0 Å². The minimum absolute atomic E-state index is 0.155. The molecule has 6 nitrogen and oxygen atoms in total. The first-order chi connectivity index (χ1) is 20.4. The Morgan fingerprint density at radius 2 is 1.79 bits per heavy atom. The van der Waals surface area contributed by atoms with Crippen molar-refractivity contribution < 1.29 is 41.7 Å². The number of benzene rings is 3. The zero-order valence-electron chi connectivity index (χ0n) is 23.9. The van der Waals surface area contributed by atoms with Crippen LogP contribution in [0.15, 0.2) is 60.2 Å². The standard InChI is InChI=1S/C33H31F4NO5/c1-18-12-23(14-24(13-18)33(35,36)37)30-19(2)38(32(41)43-30)17-22-6-4-5-7-25(22)27-15-20(9-11-29(27)42-3)26-10-8-21(31(39)40)16-28(26)34/h8-16,19,30H,4-7,17H2,1-3H3,(H,39,40)/t19-,30-/m0/s1. The van der Waals surface area contributed by atoms with Crippen LogP contribution < -0.4 is 4.74 Å². The van der Waals surface area contributed by atoms with Crippen LogP contribution in [0, 0.1) is 12.7 Å². The van der Waals surface area contributed by atoms with Crippen LogP contribution in [0.4, 0.5) is 22.4 Å². The predicted octanol–water partition coefficient (Wildman–Crippen LogP) is 8.44. The molecule has 0 unspecified atom stereocenters. The minimum Gasteiger partial charge on any atom is -0.496 e. The van der Waals surface area contributed by atoms with E-state index in [1.54, 1.807) is 43.0 Å². The molecule has 1 aliphatic heterocycles. The van der Waals surface area contributed by atoms with Crippen LogP contribution >= 0.6 is 0 Å². The van der Waals surface area contributed by atoms with Gasteiger partial charge in [0, 0.05) is 17.7 Å². The second kappa shape index (κ2) is 11.7. The highest BCUT2D eigenvalue weighted by Gasteiger charge is 2.41. The number of allylic oxidation sites excluding steroid dienone is 1. The van der Waals surface area contributed by atoms with E-state index in [1.165, 1.54) is 19.2 Å². The second-order valence-corrected chi connectivity index (χ2v) is 11.0. The van der Waals surface area contributed by atoms with Crippen LogP contribution in [0.2, 0.25) is 0 Å². The molecule has 0 saturated carbocycles. The van der Waals surface area contributed by atoms with Crippen molar-refractivity contribution in [2.75, 3.05) is 13.7 Å². The number of methoxy groups -OCH3 is 1. The Bertz CT molecular complexity index is 1610. The van der Waals surface area contributed by atoms with Gasteiger partial charge in [0.05, 0.1) is 24.3 Å². The van der Waals surface area contributed by atoms with E-state index in [1.807, 2.05) is 0 Å². The molecule has 1 heterocycles. The zero-order valence-corrected chi connectivity index (χ0v) is 23.9. The average Bonchev–Trinajstić information content (AvgIpc) is 3.24. The number of carboxylic acid groups (broad SMARTS) is 1. The van der Waals surface area contributed by atoms with Crippen LogP contribution in [0.1, 0.15) is 71.3 Å². The van der Waals surface area contributed by atoms with Gasteiger partial charge in [0.1, 0.15) is 17.7 Å². The summed E-state index contributed by atoms with van der Waals surface area (Å²) in [5, 5.41) is 9.20. The molecule has 1 fully saturated rings. The van der Waals surface area contributed by atoms with E-state index >= 15 is 0 Å². The summed E-state index contributed by atoms with van der Waals surface area (Å²) in [6, 6.07) is 12.2. The number of rotatable bonds is 7. The van der Waals surface area contributed by atoms with E-state index in [2.05, 4.69) is 0 Å². The molecule has 3 aromatic rings. The van der Waals surface area contributed by atoms with Gasteiger partial charge in [-0.1, -0.05) is 23.8 Å². The van der Waals surface area contributed by atoms with Gasteiger partial charge in [-0.2, -0.15) is 13.2 Å². The molecule has 43 heavy (non-hydrogen) atoms. The van der Waals surface area contributed by atoms with E-state index in [-0.39, 0.29) is 17.7 Å². The average molecular weight is 598 g/mol. The first kappa shape index (κ1) is 30.1. The van der Waals surface area contributed by atoms with Crippen molar-refractivity contribution in [2.24, 2.45) is 0 Å². The molecular weight excluding hydrogens is 566 g/mol. The van der Waals surface area contributed by atoms with Crippen molar-refractivity contribution in [1.29, 1.82) is 0 Å². The van der Waals surface area contributed by atoms with Gasteiger partial charge in [-0.05, 0) is 98.2 Å². The lowest BCUT2D eigenvalue weighted by Crippen LogP contribution is -2.34. The van der Waals surface area contributed by atoms with Crippen LogP contribution in [-0.2, 0) is 10.9 Å². The maximum absolute atomic E-state index is 15.0. The Kier molecular flexibility index (Phi) is 8.23. The van der Waals surface area contributed by atoms with Crippen molar-refractivity contribution >= 4 is 17.6 Å². The highest BCUT2D eigenvalue weighted by Crippen LogP contribution is 2.42. The molecule has 5 rings (SSSR count). The van der Waals surface area contributed by atoms with Gasteiger partial charge >= 0.3 is 18.2 Å². The number of ether oxygens (including phenoxy) is 2. The Hall–Kier alpha value is -4.34. The van der Waals surface area contributed by atoms with Gasteiger partial charge in [0.25, 0.3) is 0 Å². The number of hydrogen-bond acceptors (Lipinski definition) is 4. The summed E-state index contributed by atoms with van der Waals surface area (Å²) in [5.74, 6) is -1.33. The van der Waals surface area contributed by atoms with Crippen LogP contribution in [0.5, 0.6) is 5.75 Å². The molecule has 1 N–H and O–H groups in total. The number of cyclic esters (lactones) is 1. The Morgan fingerprint density at radius 3 is 2.47 bits per heavy atom. The summed E-state index contributed by atoms with van der Waals surface area (Å²) in [6.07, 6.45) is -2.85. The highest BCUT2D eigenvalue weighted by molar-refractivity contribution is 5.88. The van der Waals surface area contributed by atoms with Gasteiger partial charge in [-0.25, -0.2) is 14.0 Å². The van der Waals surface area contributed by atoms with E-state index in [0.717, 1.165) is 47.8 Å². The number of carboxylic acids is 1. The summed E-state index contributed by atoms with van der Waals surface area (Å²) in [5.41, 5.74) is 3.20. The van der Waals surface area contributed by atoms with Crippen molar-refractivity contribution in [3.05, 3.63) is 93.8 Å². The summed E-state index contributed by atoms with van der Waals surface area (Å²) >= 11 is 0. The first-order valence-electron chi connectivity index (χ1n) is 14.0. The van der Waals surface area contributed by atoms with Crippen molar-refractivity contribution in [1.82, 2.24) is 4.90 Å². The lowest BCUT2D eigenvalue weighted by Gasteiger charge is -2.28. The monoisotopic (exact) mass is 597 g/mol. The molecule has 10 heteroatoms. The normalized spacial score (nSPS) is 19.0. The molecule has 1 amide bonds. The van der Waals surface area contributed by atoms with E-state index in [4.69, 9.17) is 9.47 Å². The number of hydrogen-bond donors (Lipinski definition) is 1. The number of alkyl halides is 3. The molecule has 3 aromatic carbocycles. The van der Waals surface area contributed by atoms with Crippen molar-refractivity contribution in [3.8, 4) is 16.9 Å².